The van der Waals surface area contributed by atoms with Crippen LogP contribution >= 0.6 is 15.9 Å². The Kier molecular flexibility index (Phi) is 4.32. The van der Waals surface area contributed by atoms with Crippen molar-refractivity contribution < 1.29 is 18.4 Å². The fourth-order valence-corrected chi connectivity index (χ4v) is 2.84. The topological polar surface area (TPSA) is 49.4 Å². The van der Waals surface area contributed by atoms with E-state index < -0.39 is 41.2 Å². The van der Waals surface area contributed by atoms with Crippen LogP contribution in [0.1, 0.15) is 20.8 Å². The molecule has 2 unspecified atom stereocenters. The molecule has 1 saturated heterocycles. The highest BCUT2D eigenvalue weighted by Gasteiger charge is 2.43. The molecular weight excluding hydrogens is 346 g/mol. The number of anilines is 1. The van der Waals surface area contributed by atoms with E-state index in [9.17, 15) is 18.4 Å². The summed E-state index contributed by atoms with van der Waals surface area (Å²) in [6.07, 6.45) is 0. The lowest BCUT2D eigenvalue weighted by Gasteiger charge is -2.40. The number of piperazine rings is 1. The van der Waals surface area contributed by atoms with Gasteiger partial charge in [0.25, 0.3) is 0 Å². The summed E-state index contributed by atoms with van der Waals surface area (Å²) in [5.41, 5.74) is -0.483. The molecule has 2 rings (SSSR count). The summed E-state index contributed by atoms with van der Waals surface area (Å²) in [5.74, 6) is -3.01. The molecule has 21 heavy (non-hydrogen) atoms. The first-order chi connectivity index (χ1) is 9.73. The Morgan fingerprint density at radius 3 is 2.24 bits per heavy atom. The van der Waals surface area contributed by atoms with Crippen molar-refractivity contribution in [3.8, 4) is 0 Å². The molecule has 0 radical (unpaired) electrons. The van der Waals surface area contributed by atoms with Gasteiger partial charge in [-0.2, -0.15) is 0 Å². The number of hydrogen-bond acceptors (Lipinski definition) is 2. The Hall–Kier alpha value is -1.50. The molecule has 114 valence electrons. The number of carbonyl (C=O) groups excluding carboxylic acids is 2. The van der Waals surface area contributed by atoms with E-state index in [-0.39, 0.29) is 10.4 Å². The molecule has 1 aromatic carbocycles. The van der Waals surface area contributed by atoms with Crippen molar-refractivity contribution in [3.05, 3.63) is 28.2 Å². The summed E-state index contributed by atoms with van der Waals surface area (Å²) >= 11 is 2.99. The lowest BCUT2D eigenvalue weighted by Crippen LogP contribution is -2.64. The molecule has 0 aromatic heterocycles. The first kappa shape index (κ1) is 15.9. The number of nitrogens with zero attached hydrogens (tertiary/aromatic N) is 1. The third-order valence-corrected chi connectivity index (χ3v) is 3.83. The van der Waals surface area contributed by atoms with Crippen molar-refractivity contribution in [3.63, 3.8) is 0 Å². The number of benzene rings is 1. The van der Waals surface area contributed by atoms with Gasteiger partial charge in [0.15, 0.2) is 11.6 Å². The van der Waals surface area contributed by atoms with Crippen molar-refractivity contribution >= 4 is 33.4 Å². The first-order valence-corrected chi connectivity index (χ1v) is 7.31. The van der Waals surface area contributed by atoms with Gasteiger partial charge in [-0.15, -0.1) is 0 Å². The number of halogens is 3. The highest BCUT2D eigenvalue weighted by molar-refractivity contribution is 9.10. The van der Waals surface area contributed by atoms with Crippen LogP contribution in [-0.4, -0.2) is 23.9 Å². The summed E-state index contributed by atoms with van der Waals surface area (Å²) in [5, 5.41) is 2.53. The average Bonchev–Trinajstić information content (AvgIpc) is 2.33. The van der Waals surface area contributed by atoms with Crippen molar-refractivity contribution in [2.45, 2.75) is 32.9 Å². The van der Waals surface area contributed by atoms with Crippen LogP contribution in [0.15, 0.2) is 16.6 Å². The second-order valence-corrected chi connectivity index (χ2v) is 6.26. The SMILES string of the molecule is CC1NC(=O)C(C(C)C)N(c2c(F)cc(Br)cc2F)C1=O. The van der Waals surface area contributed by atoms with E-state index in [1.807, 2.05) is 0 Å². The van der Waals surface area contributed by atoms with Gasteiger partial charge in [0, 0.05) is 4.47 Å². The molecule has 0 bridgehead atoms. The van der Waals surface area contributed by atoms with Crippen LogP contribution in [0.5, 0.6) is 0 Å². The second-order valence-electron chi connectivity index (χ2n) is 5.35. The van der Waals surface area contributed by atoms with Crippen LogP contribution in [0.2, 0.25) is 0 Å². The highest BCUT2D eigenvalue weighted by Crippen LogP contribution is 2.32. The zero-order chi connectivity index (χ0) is 15.9. The predicted octanol–water partition coefficient (Wildman–Crippen LogP) is 2.60. The molecular formula is C14H15BrF2N2O2. The zero-order valence-electron chi connectivity index (χ0n) is 11.8. The standard InChI is InChI=1S/C14H15BrF2N2O2/c1-6(2)11-13(20)18-7(3)14(21)19(11)12-9(16)4-8(15)5-10(12)17/h4-7,11H,1-3H3,(H,18,20). The largest absolute Gasteiger partial charge is 0.343 e. The van der Waals surface area contributed by atoms with E-state index in [4.69, 9.17) is 0 Å². The smallest absolute Gasteiger partial charge is 0.250 e. The van der Waals surface area contributed by atoms with Crippen LogP contribution in [0.25, 0.3) is 0 Å². The molecule has 1 aliphatic rings. The maximum atomic E-state index is 14.2. The minimum Gasteiger partial charge on any atom is -0.343 e. The number of amides is 2. The molecule has 1 fully saturated rings. The third kappa shape index (κ3) is 2.79. The van der Waals surface area contributed by atoms with Gasteiger partial charge in [-0.1, -0.05) is 29.8 Å². The minimum absolute atomic E-state index is 0.226. The summed E-state index contributed by atoms with van der Waals surface area (Å²) in [4.78, 5) is 25.4. The summed E-state index contributed by atoms with van der Waals surface area (Å²) in [7, 11) is 0. The number of carbonyl (C=O) groups is 2. The lowest BCUT2D eigenvalue weighted by atomic mass is 9.96. The first-order valence-electron chi connectivity index (χ1n) is 6.52. The molecule has 0 aliphatic carbocycles. The fraction of sp³-hybridized carbons (Fsp3) is 0.429. The molecule has 2 atom stereocenters. The monoisotopic (exact) mass is 360 g/mol. The van der Waals surface area contributed by atoms with Gasteiger partial charge in [0.1, 0.15) is 17.8 Å². The predicted molar refractivity (Wildman–Crippen MR) is 77.8 cm³/mol. The van der Waals surface area contributed by atoms with Crippen LogP contribution in [-0.2, 0) is 9.59 Å². The van der Waals surface area contributed by atoms with Crippen molar-refractivity contribution in [2.24, 2.45) is 5.92 Å². The Bertz CT molecular complexity index is 584. The molecule has 1 N–H and O–H groups in total. The van der Waals surface area contributed by atoms with Crippen molar-refractivity contribution in [2.75, 3.05) is 4.90 Å². The number of rotatable bonds is 2. The van der Waals surface area contributed by atoms with E-state index in [1.165, 1.54) is 6.92 Å². The average molecular weight is 361 g/mol. The van der Waals surface area contributed by atoms with Gasteiger partial charge in [0.05, 0.1) is 0 Å². The van der Waals surface area contributed by atoms with E-state index in [1.54, 1.807) is 13.8 Å². The van der Waals surface area contributed by atoms with Gasteiger partial charge >= 0.3 is 0 Å². The molecule has 1 aliphatic heterocycles. The van der Waals surface area contributed by atoms with Gasteiger partial charge in [-0.25, -0.2) is 8.78 Å². The lowest BCUT2D eigenvalue weighted by molar-refractivity contribution is -0.134. The molecule has 1 heterocycles. The summed E-state index contributed by atoms with van der Waals surface area (Å²) < 4.78 is 28.6. The van der Waals surface area contributed by atoms with Crippen LogP contribution < -0.4 is 10.2 Å². The Morgan fingerprint density at radius 2 is 1.76 bits per heavy atom. The van der Waals surface area contributed by atoms with E-state index in [0.29, 0.717) is 0 Å². The fourth-order valence-electron chi connectivity index (χ4n) is 2.44. The number of hydrogen-bond donors (Lipinski definition) is 1. The van der Waals surface area contributed by atoms with Gasteiger partial charge in [0.2, 0.25) is 11.8 Å². The normalized spacial score (nSPS) is 22.7. The zero-order valence-corrected chi connectivity index (χ0v) is 13.4. The van der Waals surface area contributed by atoms with Crippen LogP contribution in [0.4, 0.5) is 14.5 Å². The number of nitrogens with one attached hydrogen (secondary N) is 1. The molecule has 1 aromatic rings. The Labute approximate surface area is 129 Å². The molecule has 2 amide bonds. The van der Waals surface area contributed by atoms with Crippen LogP contribution in [0, 0.1) is 17.6 Å². The second kappa shape index (κ2) is 5.71. The van der Waals surface area contributed by atoms with E-state index in [2.05, 4.69) is 21.2 Å². The highest BCUT2D eigenvalue weighted by atomic mass is 79.9. The minimum atomic E-state index is -0.945. The molecule has 0 spiro atoms. The summed E-state index contributed by atoms with van der Waals surface area (Å²) in [6.45, 7) is 4.92. The third-order valence-electron chi connectivity index (χ3n) is 3.37. The van der Waals surface area contributed by atoms with E-state index >= 15 is 0 Å². The maximum absolute atomic E-state index is 14.2. The Morgan fingerprint density at radius 1 is 1.24 bits per heavy atom. The molecule has 7 heteroatoms. The van der Waals surface area contributed by atoms with Gasteiger partial charge in [-0.3, -0.25) is 14.5 Å². The van der Waals surface area contributed by atoms with E-state index in [0.717, 1.165) is 17.0 Å². The summed E-state index contributed by atoms with van der Waals surface area (Å²) in [6, 6.07) is 0.370. The Balaban J connectivity index is 2.61. The molecule has 0 saturated carbocycles. The van der Waals surface area contributed by atoms with Gasteiger partial charge in [-0.05, 0) is 25.0 Å². The maximum Gasteiger partial charge on any atom is 0.250 e. The molecule has 4 nitrogen and oxygen atoms in total. The van der Waals surface area contributed by atoms with Crippen LogP contribution in [0.3, 0.4) is 0 Å². The van der Waals surface area contributed by atoms with Crippen molar-refractivity contribution in [1.29, 1.82) is 0 Å². The van der Waals surface area contributed by atoms with Crippen molar-refractivity contribution in [1.82, 2.24) is 5.32 Å². The quantitative estimate of drug-likeness (QED) is 0.881. The van der Waals surface area contributed by atoms with Gasteiger partial charge < -0.3 is 5.32 Å².